The first-order chi connectivity index (χ1) is 6.35. The molecule has 0 aliphatic carbocycles. The minimum atomic E-state index is 0. The molecule has 0 rings (SSSR count). The molecule has 0 amide bonds. The van der Waals surface area contributed by atoms with Gasteiger partial charge in [-0.2, -0.15) is 11.8 Å². The maximum absolute atomic E-state index is 4.11. The topological polar surface area (TPSA) is 36.4 Å². The minimum Gasteiger partial charge on any atom is -0.356 e. The second kappa shape index (κ2) is 13.4. The Bertz CT molecular complexity index is 142. The first kappa shape index (κ1) is 16.8. The zero-order valence-electron chi connectivity index (χ0n) is 9.30. The van der Waals surface area contributed by atoms with Gasteiger partial charge in [0.2, 0.25) is 0 Å². The molecule has 0 bridgehead atoms. The van der Waals surface area contributed by atoms with Gasteiger partial charge in [-0.15, -0.1) is 24.0 Å². The van der Waals surface area contributed by atoms with Crippen LogP contribution in [-0.4, -0.2) is 38.1 Å². The second-order valence-corrected chi connectivity index (χ2v) is 3.76. The van der Waals surface area contributed by atoms with E-state index < -0.39 is 0 Å². The zero-order chi connectivity index (χ0) is 9.94. The fourth-order valence-electron chi connectivity index (χ4n) is 0.887. The van der Waals surface area contributed by atoms with Crippen LogP contribution in [0.5, 0.6) is 0 Å². The molecule has 2 N–H and O–H groups in total. The van der Waals surface area contributed by atoms with Gasteiger partial charge in [0.05, 0.1) is 0 Å². The van der Waals surface area contributed by atoms with Gasteiger partial charge in [-0.05, 0) is 24.9 Å². The van der Waals surface area contributed by atoms with Crippen molar-refractivity contribution in [2.24, 2.45) is 4.99 Å². The molecular weight excluding hydrogens is 309 g/mol. The van der Waals surface area contributed by atoms with Crippen molar-refractivity contribution in [3.05, 3.63) is 0 Å². The lowest BCUT2D eigenvalue weighted by Crippen LogP contribution is -2.38. The van der Waals surface area contributed by atoms with Gasteiger partial charge in [-0.3, -0.25) is 4.99 Å². The molecule has 0 spiro atoms. The third-order valence-corrected chi connectivity index (χ3v) is 2.28. The van der Waals surface area contributed by atoms with Crippen LogP contribution in [0.4, 0.5) is 0 Å². The zero-order valence-corrected chi connectivity index (χ0v) is 12.4. The van der Waals surface area contributed by atoms with E-state index in [2.05, 4.69) is 28.8 Å². The Morgan fingerprint density at radius 3 is 2.43 bits per heavy atom. The summed E-state index contributed by atoms with van der Waals surface area (Å²) in [6.45, 7) is 4.14. The molecule has 14 heavy (non-hydrogen) atoms. The number of thioether (sulfide) groups is 1. The Morgan fingerprint density at radius 2 is 1.93 bits per heavy atom. The van der Waals surface area contributed by atoms with E-state index in [4.69, 9.17) is 0 Å². The molecule has 0 aliphatic rings. The SMILES string of the molecule is CCCNC(=NC)NCCCSC.I. The Morgan fingerprint density at radius 1 is 1.29 bits per heavy atom. The standard InChI is InChI=1S/C9H21N3S.HI/c1-4-6-11-9(10-2)12-7-5-8-13-3;/h4-8H2,1-3H3,(H2,10,11,12);1H. The number of rotatable bonds is 6. The summed E-state index contributed by atoms with van der Waals surface area (Å²) in [4.78, 5) is 4.11. The molecule has 0 saturated carbocycles. The molecule has 86 valence electrons. The van der Waals surface area contributed by atoms with Crippen molar-refractivity contribution in [1.82, 2.24) is 10.6 Å². The van der Waals surface area contributed by atoms with Crippen molar-refractivity contribution in [2.75, 3.05) is 32.1 Å². The monoisotopic (exact) mass is 331 g/mol. The number of hydrogen-bond acceptors (Lipinski definition) is 2. The van der Waals surface area contributed by atoms with Crippen molar-refractivity contribution in [1.29, 1.82) is 0 Å². The summed E-state index contributed by atoms with van der Waals surface area (Å²) in [5, 5.41) is 6.49. The lowest BCUT2D eigenvalue weighted by molar-refractivity contribution is 0.768. The van der Waals surface area contributed by atoms with E-state index in [9.17, 15) is 0 Å². The average molecular weight is 331 g/mol. The molecule has 0 atom stereocenters. The van der Waals surface area contributed by atoms with Crippen LogP contribution in [0.2, 0.25) is 0 Å². The Labute approximate surface area is 109 Å². The summed E-state index contributed by atoms with van der Waals surface area (Å²) in [7, 11) is 1.81. The van der Waals surface area contributed by atoms with Gasteiger partial charge in [0, 0.05) is 20.1 Å². The molecule has 0 aromatic heterocycles. The number of halogens is 1. The van der Waals surface area contributed by atoms with Crippen LogP contribution >= 0.6 is 35.7 Å². The van der Waals surface area contributed by atoms with Gasteiger partial charge >= 0.3 is 0 Å². The number of nitrogens with zero attached hydrogens (tertiary/aromatic N) is 1. The van der Waals surface area contributed by atoms with Crippen LogP contribution in [-0.2, 0) is 0 Å². The van der Waals surface area contributed by atoms with E-state index in [-0.39, 0.29) is 24.0 Å². The highest BCUT2D eigenvalue weighted by atomic mass is 127. The van der Waals surface area contributed by atoms with E-state index in [1.54, 1.807) is 7.05 Å². The smallest absolute Gasteiger partial charge is 0.190 e. The molecule has 0 aliphatic heterocycles. The first-order valence-corrected chi connectivity index (χ1v) is 6.18. The van der Waals surface area contributed by atoms with E-state index >= 15 is 0 Å². The Hall–Kier alpha value is 0.350. The van der Waals surface area contributed by atoms with Crippen LogP contribution in [0, 0.1) is 0 Å². The molecule has 0 saturated heterocycles. The van der Waals surface area contributed by atoms with Crippen molar-refractivity contribution in [3.8, 4) is 0 Å². The van der Waals surface area contributed by atoms with E-state index in [1.807, 2.05) is 11.8 Å². The molecule has 5 heteroatoms. The highest BCUT2D eigenvalue weighted by Crippen LogP contribution is 1.92. The van der Waals surface area contributed by atoms with Gasteiger partial charge in [-0.25, -0.2) is 0 Å². The van der Waals surface area contributed by atoms with Gasteiger partial charge in [0.1, 0.15) is 0 Å². The van der Waals surface area contributed by atoms with Crippen LogP contribution in [0.15, 0.2) is 4.99 Å². The third kappa shape index (κ3) is 10.4. The highest BCUT2D eigenvalue weighted by Gasteiger charge is 1.93. The summed E-state index contributed by atoms with van der Waals surface area (Å²) in [5.41, 5.74) is 0. The van der Waals surface area contributed by atoms with Crippen LogP contribution in [0.3, 0.4) is 0 Å². The van der Waals surface area contributed by atoms with Crippen molar-refractivity contribution >= 4 is 41.7 Å². The maximum Gasteiger partial charge on any atom is 0.190 e. The lowest BCUT2D eigenvalue weighted by atomic mass is 10.4. The Balaban J connectivity index is 0. The number of guanidine groups is 1. The molecule has 3 nitrogen and oxygen atoms in total. The summed E-state index contributed by atoms with van der Waals surface area (Å²) < 4.78 is 0. The molecule has 0 radical (unpaired) electrons. The number of nitrogens with one attached hydrogen (secondary N) is 2. The lowest BCUT2D eigenvalue weighted by Gasteiger charge is -2.10. The summed E-state index contributed by atoms with van der Waals surface area (Å²) in [6.07, 6.45) is 4.45. The van der Waals surface area contributed by atoms with E-state index in [0.717, 1.165) is 25.5 Å². The van der Waals surface area contributed by atoms with Gasteiger partial charge in [0.25, 0.3) is 0 Å². The largest absolute Gasteiger partial charge is 0.356 e. The Kier molecular flexibility index (Phi) is 16.0. The molecule has 0 heterocycles. The molecule has 0 aromatic rings. The highest BCUT2D eigenvalue weighted by molar-refractivity contribution is 14.0. The summed E-state index contributed by atoms with van der Waals surface area (Å²) in [5.74, 6) is 2.13. The van der Waals surface area contributed by atoms with Crippen molar-refractivity contribution < 1.29 is 0 Å². The number of hydrogen-bond donors (Lipinski definition) is 2. The second-order valence-electron chi connectivity index (χ2n) is 2.77. The molecule has 0 fully saturated rings. The van der Waals surface area contributed by atoms with Crippen molar-refractivity contribution in [2.45, 2.75) is 19.8 Å². The average Bonchev–Trinajstić information content (AvgIpc) is 2.17. The maximum atomic E-state index is 4.11. The fourth-order valence-corrected chi connectivity index (χ4v) is 1.32. The predicted molar refractivity (Wildman–Crippen MR) is 78.1 cm³/mol. The van der Waals surface area contributed by atoms with Crippen LogP contribution < -0.4 is 10.6 Å². The minimum absolute atomic E-state index is 0. The van der Waals surface area contributed by atoms with E-state index in [0.29, 0.717) is 0 Å². The summed E-state index contributed by atoms with van der Waals surface area (Å²) >= 11 is 1.88. The summed E-state index contributed by atoms with van der Waals surface area (Å²) in [6, 6.07) is 0. The van der Waals surface area contributed by atoms with Gasteiger partial charge in [0.15, 0.2) is 5.96 Å². The molecule has 0 unspecified atom stereocenters. The molecule has 0 aromatic carbocycles. The third-order valence-electron chi connectivity index (χ3n) is 1.58. The van der Waals surface area contributed by atoms with E-state index in [1.165, 1.54) is 12.2 Å². The van der Waals surface area contributed by atoms with Gasteiger partial charge in [-0.1, -0.05) is 6.92 Å². The molecular formula is C9H22IN3S. The normalized spacial score (nSPS) is 10.6. The van der Waals surface area contributed by atoms with Crippen LogP contribution in [0.1, 0.15) is 19.8 Å². The fraction of sp³-hybridized carbons (Fsp3) is 0.889. The number of aliphatic imine (C=N–C) groups is 1. The first-order valence-electron chi connectivity index (χ1n) is 4.78. The van der Waals surface area contributed by atoms with Crippen LogP contribution in [0.25, 0.3) is 0 Å². The quantitative estimate of drug-likeness (QED) is 0.338. The van der Waals surface area contributed by atoms with Crippen molar-refractivity contribution in [3.63, 3.8) is 0 Å². The van der Waals surface area contributed by atoms with Gasteiger partial charge < -0.3 is 10.6 Å². The predicted octanol–water partition coefficient (Wildman–Crippen LogP) is 1.93.